The summed E-state index contributed by atoms with van der Waals surface area (Å²) in [5.41, 5.74) is 2.96. The number of piperidine rings is 3. The van der Waals surface area contributed by atoms with Crippen LogP contribution < -0.4 is 9.47 Å². The number of hydrogen-bond donors (Lipinski definition) is 1. The number of nitrogens with one attached hydrogen (secondary N) is 1. The van der Waals surface area contributed by atoms with Crippen LogP contribution in [-0.2, 0) is 0 Å². The fourth-order valence-electron chi connectivity index (χ4n) is 6.99. The molecule has 1 aliphatic carbocycles. The highest BCUT2D eigenvalue weighted by Gasteiger charge is 2.47. The number of likely N-dealkylation sites (tertiary alicyclic amines) is 1. The highest BCUT2D eigenvalue weighted by Crippen LogP contribution is 2.45. The van der Waals surface area contributed by atoms with Crippen molar-refractivity contribution in [3.63, 3.8) is 0 Å². The molecule has 1 N–H and O–H groups in total. The van der Waals surface area contributed by atoms with E-state index in [1.807, 2.05) is 18.2 Å². The quantitative estimate of drug-likeness (QED) is 0.734. The van der Waals surface area contributed by atoms with Gasteiger partial charge in [-0.25, -0.2) is 0 Å². The number of aromatic nitrogens is 1. The summed E-state index contributed by atoms with van der Waals surface area (Å²) in [7, 11) is 3.31. The average molecular weight is 436 g/mol. The van der Waals surface area contributed by atoms with Crippen molar-refractivity contribution in [3.8, 4) is 11.5 Å². The molecule has 6 rings (SSSR count). The van der Waals surface area contributed by atoms with Gasteiger partial charge in [-0.2, -0.15) is 0 Å². The molecule has 2 unspecified atom stereocenters. The Hall–Kier alpha value is -2.47. The lowest BCUT2D eigenvalue weighted by molar-refractivity contribution is 0.00134. The molecule has 3 fully saturated rings. The van der Waals surface area contributed by atoms with E-state index in [4.69, 9.17) is 9.47 Å². The van der Waals surface area contributed by atoms with Crippen LogP contribution in [0.15, 0.2) is 29.8 Å². The van der Waals surface area contributed by atoms with E-state index in [0.29, 0.717) is 17.5 Å². The molecule has 170 valence electrons. The Kier molecular flexibility index (Phi) is 4.94. The second-order valence-corrected chi connectivity index (χ2v) is 9.95. The van der Waals surface area contributed by atoms with Crippen LogP contribution in [0.4, 0.5) is 0 Å². The lowest BCUT2D eigenvalue weighted by atomic mass is 9.68. The van der Waals surface area contributed by atoms with Crippen LogP contribution in [0.5, 0.6) is 11.5 Å². The van der Waals surface area contributed by atoms with Gasteiger partial charge in [0.2, 0.25) is 0 Å². The molecule has 3 aliphatic heterocycles. The maximum absolute atomic E-state index is 13.8. The smallest absolute Gasteiger partial charge is 0.270 e. The summed E-state index contributed by atoms with van der Waals surface area (Å²) in [6, 6.07) is 6.68. The van der Waals surface area contributed by atoms with Crippen molar-refractivity contribution in [3.05, 3.63) is 35.5 Å². The van der Waals surface area contributed by atoms with Gasteiger partial charge in [-0.05, 0) is 68.7 Å². The monoisotopic (exact) mass is 435 g/mol. The van der Waals surface area contributed by atoms with Crippen LogP contribution in [0.2, 0.25) is 0 Å². The molecule has 0 spiro atoms. The Morgan fingerprint density at radius 3 is 2.78 bits per heavy atom. The zero-order chi connectivity index (χ0) is 21.8. The molecule has 32 heavy (non-hydrogen) atoms. The molecular formula is C26H33N3O3. The number of amides is 1. The number of methoxy groups -OCH3 is 2. The van der Waals surface area contributed by atoms with E-state index in [2.05, 4.69) is 20.9 Å². The molecule has 6 heteroatoms. The number of fused-ring (bicyclic) bond motifs is 7. The average Bonchev–Trinajstić information content (AvgIpc) is 3.28. The number of rotatable bonds is 3. The number of benzene rings is 1. The predicted molar refractivity (Wildman–Crippen MR) is 124 cm³/mol. The van der Waals surface area contributed by atoms with E-state index < -0.39 is 0 Å². The Morgan fingerprint density at radius 2 is 1.94 bits per heavy atom. The molecule has 6 nitrogen and oxygen atoms in total. The second-order valence-electron chi connectivity index (χ2n) is 9.95. The summed E-state index contributed by atoms with van der Waals surface area (Å²) in [5, 5.41) is 0.889. The van der Waals surface area contributed by atoms with E-state index in [1.54, 1.807) is 14.2 Å². The fraction of sp³-hybridized carbons (Fsp3) is 0.577. The first-order chi connectivity index (χ1) is 15.7. The van der Waals surface area contributed by atoms with Crippen LogP contribution in [-0.4, -0.2) is 66.6 Å². The highest BCUT2D eigenvalue weighted by molar-refractivity contribution is 6.01. The maximum Gasteiger partial charge on any atom is 0.270 e. The van der Waals surface area contributed by atoms with Crippen LogP contribution in [0, 0.1) is 11.8 Å². The second kappa shape index (κ2) is 7.84. The summed E-state index contributed by atoms with van der Waals surface area (Å²) in [4.78, 5) is 22.1. The van der Waals surface area contributed by atoms with E-state index in [9.17, 15) is 4.79 Å². The topological polar surface area (TPSA) is 57.8 Å². The van der Waals surface area contributed by atoms with E-state index in [1.165, 1.54) is 37.8 Å². The van der Waals surface area contributed by atoms with Crippen molar-refractivity contribution < 1.29 is 14.3 Å². The van der Waals surface area contributed by atoms with Gasteiger partial charge in [-0.15, -0.1) is 0 Å². The number of aromatic amines is 1. The molecule has 1 amide bonds. The SMILES string of the molecule is COc1ccc(OC)c2[nH]c(C(=O)N3CCCC4=C[C@H]5C[C@@H](CN6CCCCC56)C43)cc12. The largest absolute Gasteiger partial charge is 0.496 e. The summed E-state index contributed by atoms with van der Waals surface area (Å²) in [6.45, 7) is 3.19. The van der Waals surface area contributed by atoms with Crippen molar-refractivity contribution >= 4 is 16.8 Å². The summed E-state index contributed by atoms with van der Waals surface area (Å²) >= 11 is 0. The first-order valence-corrected chi connectivity index (χ1v) is 12.2. The van der Waals surface area contributed by atoms with Crippen molar-refractivity contribution in [2.75, 3.05) is 33.9 Å². The number of carbonyl (C=O) groups excluding carboxylic acids is 1. The molecule has 4 aliphatic rings. The lowest BCUT2D eigenvalue weighted by Crippen LogP contribution is -2.60. The van der Waals surface area contributed by atoms with Gasteiger partial charge < -0.3 is 19.4 Å². The van der Waals surface area contributed by atoms with E-state index in [-0.39, 0.29) is 11.9 Å². The van der Waals surface area contributed by atoms with Crippen LogP contribution in [0.25, 0.3) is 10.9 Å². The highest BCUT2D eigenvalue weighted by atomic mass is 16.5. The van der Waals surface area contributed by atoms with E-state index in [0.717, 1.165) is 54.4 Å². The van der Waals surface area contributed by atoms with Gasteiger partial charge in [0.25, 0.3) is 5.91 Å². The molecule has 4 atom stereocenters. The first kappa shape index (κ1) is 20.2. The third kappa shape index (κ3) is 3.06. The van der Waals surface area contributed by atoms with Gasteiger partial charge in [0.15, 0.2) is 0 Å². The van der Waals surface area contributed by atoms with Crippen LogP contribution in [0.3, 0.4) is 0 Å². The number of ether oxygens (including phenoxy) is 2. The standard InChI is InChI=1S/C26H33N3O3/c1-31-22-8-9-23(32-2)24-19(22)14-20(27-24)26(30)29-11-5-6-16-12-17-13-18(25(16)29)15-28-10-4-3-7-21(17)28/h8-9,12,14,17-18,21,25,27H,3-7,10-11,13,15H2,1-2H3/t17-,18-,21?,25?/m0/s1. The number of hydrogen-bond acceptors (Lipinski definition) is 4. The van der Waals surface area contributed by atoms with Crippen molar-refractivity contribution in [1.82, 2.24) is 14.8 Å². The Bertz CT molecular complexity index is 1030. The molecular weight excluding hydrogens is 402 g/mol. The molecule has 2 aromatic rings. The lowest BCUT2D eigenvalue weighted by Gasteiger charge is -2.54. The molecule has 2 bridgehead atoms. The summed E-state index contributed by atoms with van der Waals surface area (Å²) in [6.07, 6.45) is 10.0. The van der Waals surface area contributed by atoms with Gasteiger partial charge in [-0.3, -0.25) is 9.69 Å². The Morgan fingerprint density at radius 1 is 1.09 bits per heavy atom. The van der Waals surface area contributed by atoms with Gasteiger partial charge in [-0.1, -0.05) is 18.1 Å². The zero-order valence-corrected chi connectivity index (χ0v) is 19.1. The summed E-state index contributed by atoms with van der Waals surface area (Å²) in [5.74, 6) is 2.80. The Labute approximate surface area is 189 Å². The minimum Gasteiger partial charge on any atom is -0.496 e. The molecule has 4 heterocycles. The number of nitrogens with zero attached hydrogens (tertiary/aromatic N) is 2. The van der Waals surface area contributed by atoms with Crippen molar-refractivity contribution in [2.45, 2.75) is 50.6 Å². The minimum absolute atomic E-state index is 0.0973. The van der Waals surface area contributed by atoms with Crippen molar-refractivity contribution in [2.24, 2.45) is 11.8 Å². The van der Waals surface area contributed by atoms with Gasteiger partial charge >= 0.3 is 0 Å². The Balaban J connectivity index is 1.35. The van der Waals surface area contributed by atoms with Crippen LogP contribution in [0.1, 0.15) is 49.0 Å². The molecule has 1 aromatic carbocycles. The molecule has 3 saturated heterocycles. The normalized spacial score (nSPS) is 29.8. The third-order valence-corrected chi connectivity index (χ3v) is 8.30. The van der Waals surface area contributed by atoms with Gasteiger partial charge in [0.05, 0.1) is 25.8 Å². The summed E-state index contributed by atoms with van der Waals surface area (Å²) < 4.78 is 11.1. The number of carbonyl (C=O) groups is 1. The number of H-pyrrole nitrogens is 1. The van der Waals surface area contributed by atoms with Gasteiger partial charge in [0, 0.05) is 24.5 Å². The van der Waals surface area contributed by atoms with Crippen LogP contribution >= 0.6 is 0 Å². The van der Waals surface area contributed by atoms with Gasteiger partial charge in [0.1, 0.15) is 17.2 Å². The first-order valence-electron chi connectivity index (χ1n) is 12.2. The van der Waals surface area contributed by atoms with Crippen molar-refractivity contribution in [1.29, 1.82) is 0 Å². The fourth-order valence-corrected chi connectivity index (χ4v) is 6.99. The molecule has 1 aromatic heterocycles. The third-order valence-electron chi connectivity index (χ3n) is 8.30. The molecule has 0 saturated carbocycles. The maximum atomic E-state index is 13.8. The van der Waals surface area contributed by atoms with E-state index >= 15 is 0 Å². The molecule has 0 radical (unpaired) electrons. The minimum atomic E-state index is 0.0973. The predicted octanol–water partition coefficient (Wildman–Crippen LogP) is 4.22. The zero-order valence-electron chi connectivity index (χ0n) is 19.1.